The summed E-state index contributed by atoms with van der Waals surface area (Å²) in [4.78, 5) is 20.3. The Kier molecular flexibility index (Phi) is 3.06. The number of imidazole rings is 1. The monoisotopic (exact) mass is 251 g/mol. The molecule has 0 aromatic carbocycles. The Morgan fingerprint density at radius 2 is 2.11 bits per heavy atom. The molecule has 19 heavy (non-hydrogen) atoms. The summed E-state index contributed by atoms with van der Waals surface area (Å²) in [6.45, 7) is 0. The number of ketones is 1. The molecular formula is C15H13N3O. The molecule has 3 heterocycles. The molecule has 4 nitrogen and oxygen atoms in total. The molecule has 4 heteroatoms. The molecule has 0 spiro atoms. The Balaban J connectivity index is 1.75. The van der Waals surface area contributed by atoms with Crippen LogP contribution in [0.3, 0.4) is 0 Å². The van der Waals surface area contributed by atoms with Crippen LogP contribution in [0.5, 0.6) is 0 Å². The lowest BCUT2D eigenvalue weighted by molar-refractivity contribution is 0.0982. The van der Waals surface area contributed by atoms with Gasteiger partial charge in [-0.3, -0.25) is 9.78 Å². The minimum Gasteiger partial charge on any atom is -0.304 e. The second-order valence-electron chi connectivity index (χ2n) is 4.34. The standard InChI is InChI=1S/C15H13N3O/c19-14(12-4-3-8-16-10-12)7-6-13-11-17-15-5-1-2-9-18(13)15/h1-5,8-11H,6-7H2. The minimum atomic E-state index is 0.110. The summed E-state index contributed by atoms with van der Waals surface area (Å²) in [7, 11) is 0. The summed E-state index contributed by atoms with van der Waals surface area (Å²) in [5.74, 6) is 0.110. The van der Waals surface area contributed by atoms with E-state index >= 15 is 0 Å². The van der Waals surface area contributed by atoms with Gasteiger partial charge in [-0.25, -0.2) is 4.98 Å². The molecule has 0 amide bonds. The summed E-state index contributed by atoms with van der Waals surface area (Å²) in [5, 5.41) is 0. The molecule has 0 saturated carbocycles. The van der Waals surface area contributed by atoms with Gasteiger partial charge in [0.25, 0.3) is 0 Å². The first-order valence-electron chi connectivity index (χ1n) is 6.19. The number of hydrogen-bond donors (Lipinski definition) is 0. The lowest BCUT2D eigenvalue weighted by Crippen LogP contribution is -2.03. The lowest BCUT2D eigenvalue weighted by Gasteiger charge is -2.01. The zero-order valence-electron chi connectivity index (χ0n) is 10.4. The predicted molar refractivity (Wildman–Crippen MR) is 72.1 cm³/mol. The molecule has 0 unspecified atom stereocenters. The van der Waals surface area contributed by atoms with Crippen molar-refractivity contribution < 1.29 is 4.79 Å². The van der Waals surface area contributed by atoms with Crippen LogP contribution in [-0.2, 0) is 6.42 Å². The minimum absolute atomic E-state index is 0.110. The van der Waals surface area contributed by atoms with Crippen molar-refractivity contribution in [1.82, 2.24) is 14.4 Å². The molecule has 0 aliphatic heterocycles. The fourth-order valence-electron chi connectivity index (χ4n) is 2.08. The van der Waals surface area contributed by atoms with Crippen molar-refractivity contribution in [3.05, 3.63) is 66.4 Å². The topological polar surface area (TPSA) is 47.3 Å². The van der Waals surface area contributed by atoms with Crippen molar-refractivity contribution in [3.63, 3.8) is 0 Å². The number of rotatable bonds is 4. The molecule has 0 fully saturated rings. The fourth-order valence-corrected chi connectivity index (χ4v) is 2.08. The van der Waals surface area contributed by atoms with Crippen LogP contribution in [0.25, 0.3) is 5.65 Å². The van der Waals surface area contributed by atoms with Gasteiger partial charge in [-0.05, 0) is 30.7 Å². The molecule has 94 valence electrons. The number of pyridine rings is 2. The van der Waals surface area contributed by atoms with Gasteiger partial charge in [0.1, 0.15) is 5.65 Å². The van der Waals surface area contributed by atoms with Crippen LogP contribution in [-0.4, -0.2) is 20.2 Å². The van der Waals surface area contributed by atoms with Crippen molar-refractivity contribution in [2.24, 2.45) is 0 Å². The molecule has 0 aliphatic carbocycles. The number of carbonyl (C=O) groups is 1. The highest BCUT2D eigenvalue weighted by atomic mass is 16.1. The summed E-state index contributed by atoms with van der Waals surface area (Å²) in [5.41, 5.74) is 2.62. The van der Waals surface area contributed by atoms with E-state index in [0.29, 0.717) is 18.4 Å². The summed E-state index contributed by atoms with van der Waals surface area (Å²) < 4.78 is 2.01. The van der Waals surface area contributed by atoms with E-state index < -0.39 is 0 Å². The first-order chi connectivity index (χ1) is 9.34. The SMILES string of the molecule is O=C(CCc1cnc2ccccn12)c1cccnc1. The molecule has 0 radical (unpaired) electrons. The van der Waals surface area contributed by atoms with Crippen LogP contribution in [0.2, 0.25) is 0 Å². The normalized spacial score (nSPS) is 10.7. The van der Waals surface area contributed by atoms with E-state index in [1.54, 1.807) is 24.5 Å². The number of fused-ring (bicyclic) bond motifs is 1. The van der Waals surface area contributed by atoms with Gasteiger partial charge >= 0.3 is 0 Å². The summed E-state index contributed by atoms with van der Waals surface area (Å²) in [6, 6.07) is 9.44. The Morgan fingerprint density at radius 3 is 2.95 bits per heavy atom. The first kappa shape index (κ1) is 11.6. The number of aryl methyl sites for hydroxylation is 1. The third-order valence-electron chi connectivity index (χ3n) is 3.09. The van der Waals surface area contributed by atoms with Gasteiger partial charge in [0.15, 0.2) is 5.78 Å². The number of Topliss-reactive ketones (excluding diaryl/α,β-unsaturated/α-hetero) is 1. The van der Waals surface area contributed by atoms with E-state index in [0.717, 1.165) is 11.3 Å². The molecule has 3 aromatic rings. The quantitative estimate of drug-likeness (QED) is 0.669. The van der Waals surface area contributed by atoms with Crippen molar-refractivity contribution in [3.8, 4) is 0 Å². The Hall–Kier alpha value is -2.49. The van der Waals surface area contributed by atoms with E-state index in [-0.39, 0.29) is 5.78 Å². The summed E-state index contributed by atoms with van der Waals surface area (Å²) in [6.07, 6.45) is 8.21. The average molecular weight is 251 g/mol. The first-order valence-corrected chi connectivity index (χ1v) is 6.19. The van der Waals surface area contributed by atoms with E-state index in [2.05, 4.69) is 9.97 Å². The smallest absolute Gasteiger partial charge is 0.164 e. The highest BCUT2D eigenvalue weighted by molar-refractivity contribution is 5.95. The van der Waals surface area contributed by atoms with E-state index in [1.165, 1.54) is 0 Å². The van der Waals surface area contributed by atoms with E-state index in [1.807, 2.05) is 35.0 Å². The third kappa shape index (κ3) is 2.38. The third-order valence-corrected chi connectivity index (χ3v) is 3.09. The van der Waals surface area contributed by atoms with Crippen molar-refractivity contribution >= 4 is 11.4 Å². The highest BCUT2D eigenvalue weighted by Crippen LogP contribution is 2.10. The predicted octanol–water partition coefficient (Wildman–Crippen LogP) is 2.54. The maximum atomic E-state index is 12.0. The van der Waals surface area contributed by atoms with Gasteiger partial charge in [-0.1, -0.05) is 6.07 Å². The number of hydrogen-bond acceptors (Lipinski definition) is 3. The van der Waals surface area contributed by atoms with E-state index in [9.17, 15) is 4.79 Å². The highest BCUT2D eigenvalue weighted by Gasteiger charge is 2.08. The van der Waals surface area contributed by atoms with Crippen molar-refractivity contribution in [2.75, 3.05) is 0 Å². The Morgan fingerprint density at radius 1 is 1.16 bits per heavy atom. The second kappa shape index (κ2) is 5.02. The van der Waals surface area contributed by atoms with Crippen LogP contribution >= 0.6 is 0 Å². The zero-order chi connectivity index (χ0) is 13.1. The average Bonchev–Trinajstić information content (AvgIpc) is 2.89. The number of nitrogens with zero attached hydrogens (tertiary/aromatic N) is 3. The second-order valence-corrected chi connectivity index (χ2v) is 4.34. The van der Waals surface area contributed by atoms with Crippen molar-refractivity contribution in [1.29, 1.82) is 0 Å². The largest absolute Gasteiger partial charge is 0.304 e. The molecular weight excluding hydrogens is 238 g/mol. The lowest BCUT2D eigenvalue weighted by atomic mass is 10.1. The maximum Gasteiger partial charge on any atom is 0.164 e. The Bertz CT molecular complexity index is 703. The van der Waals surface area contributed by atoms with Crippen LogP contribution in [0.15, 0.2) is 55.1 Å². The molecule has 0 bridgehead atoms. The molecule has 3 aromatic heterocycles. The maximum absolute atomic E-state index is 12.0. The van der Waals surface area contributed by atoms with Gasteiger partial charge in [-0.2, -0.15) is 0 Å². The van der Waals surface area contributed by atoms with Crippen LogP contribution < -0.4 is 0 Å². The fraction of sp³-hybridized carbons (Fsp3) is 0.133. The summed E-state index contributed by atoms with van der Waals surface area (Å²) >= 11 is 0. The zero-order valence-corrected chi connectivity index (χ0v) is 10.4. The number of carbonyl (C=O) groups excluding carboxylic acids is 1. The molecule has 0 N–H and O–H groups in total. The molecule has 3 rings (SSSR count). The van der Waals surface area contributed by atoms with Gasteiger partial charge < -0.3 is 4.40 Å². The molecule has 0 atom stereocenters. The van der Waals surface area contributed by atoms with Crippen LogP contribution in [0.4, 0.5) is 0 Å². The number of aromatic nitrogens is 3. The molecule has 0 saturated heterocycles. The van der Waals surface area contributed by atoms with Gasteiger partial charge in [-0.15, -0.1) is 0 Å². The Labute approximate surface area is 110 Å². The van der Waals surface area contributed by atoms with Gasteiger partial charge in [0.2, 0.25) is 0 Å². The van der Waals surface area contributed by atoms with Crippen molar-refractivity contribution in [2.45, 2.75) is 12.8 Å². The molecule has 0 aliphatic rings. The van der Waals surface area contributed by atoms with E-state index in [4.69, 9.17) is 0 Å². The van der Waals surface area contributed by atoms with Crippen LogP contribution in [0, 0.1) is 0 Å². The van der Waals surface area contributed by atoms with Gasteiger partial charge in [0.05, 0.1) is 0 Å². The van der Waals surface area contributed by atoms with Gasteiger partial charge in [0, 0.05) is 42.5 Å². The van der Waals surface area contributed by atoms with Crippen LogP contribution in [0.1, 0.15) is 22.5 Å².